The molecule has 218 valence electrons. The van der Waals surface area contributed by atoms with Gasteiger partial charge in [-0.2, -0.15) is 13.2 Å². The van der Waals surface area contributed by atoms with Gasteiger partial charge in [0.2, 0.25) is 0 Å². The average molecular weight is 602 g/mol. The first kappa shape index (κ1) is 31.9. The van der Waals surface area contributed by atoms with Gasteiger partial charge in [0.05, 0.1) is 27.7 Å². The monoisotopic (exact) mass is 601 g/mol. The molecule has 0 aliphatic heterocycles. The number of alkyl halides is 3. The fourth-order valence-corrected chi connectivity index (χ4v) is 5.59. The van der Waals surface area contributed by atoms with Crippen LogP contribution in [0.1, 0.15) is 42.5 Å². The zero-order chi connectivity index (χ0) is 29.7. The summed E-state index contributed by atoms with van der Waals surface area (Å²) in [5.41, 5.74) is -0.807. The molecule has 40 heavy (non-hydrogen) atoms. The molecule has 0 aromatic heterocycles. The SMILES string of the molecule is CC(C)(O)c1ccc(OCCCN(CCc2ccc(F)cc2)Cc2cccc(C(F)(F)F)c2Cl)cc1S(C)(=O)=O. The molecule has 3 rings (SSSR count). The lowest BCUT2D eigenvalue weighted by atomic mass is 9.98. The van der Waals surface area contributed by atoms with Crippen LogP contribution in [0.25, 0.3) is 0 Å². The summed E-state index contributed by atoms with van der Waals surface area (Å²) in [5.74, 6) is -0.0460. The fourth-order valence-electron chi connectivity index (χ4n) is 4.25. The van der Waals surface area contributed by atoms with Crippen LogP contribution >= 0.6 is 11.6 Å². The summed E-state index contributed by atoms with van der Waals surface area (Å²) in [6.07, 6.45) is -2.51. The van der Waals surface area contributed by atoms with Crippen LogP contribution in [0.3, 0.4) is 0 Å². The molecule has 0 bridgehead atoms. The van der Waals surface area contributed by atoms with Gasteiger partial charge in [0.15, 0.2) is 9.84 Å². The Labute approximate surface area is 237 Å². The molecule has 0 aliphatic rings. The summed E-state index contributed by atoms with van der Waals surface area (Å²) in [6.45, 7) is 4.26. The topological polar surface area (TPSA) is 66.8 Å². The number of hydrogen-bond donors (Lipinski definition) is 1. The van der Waals surface area contributed by atoms with Gasteiger partial charge in [0, 0.05) is 31.5 Å². The van der Waals surface area contributed by atoms with E-state index in [-0.39, 0.29) is 34.5 Å². The fraction of sp³-hybridized carbons (Fsp3) is 0.379. The Morgan fingerprint density at radius 2 is 1.65 bits per heavy atom. The van der Waals surface area contributed by atoms with E-state index >= 15 is 0 Å². The largest absolute Gasteiger partial charge is 0.494 e. The van der Waals surface area contributed by atoms with Crippen molar-refractivity contribution in [3.05, 3.63) is 93.8 Å². The molecule has 0 spiro atoms. The molecule has 0 saturated carbocycles. The number of rotatable bonds is 12. The predicted octanol–water partition coefficient (Wildman–Crippen LogP) is 6.64. The minimum absolute atomic E-state index is 0.0300. The Morgan fingerprint density at radius 1 is 0.975 bits per heavy atom. The van der Waals surface area contributed by atoms with Crippen LogP contribution in [0, 0.1) is 5.82 Å². The summed E-state index contributed by atoms with van der Waals surface area (Å²) in [7, 11) is -3.64. The van der Waals surface area contributed by atoms with Crippen molar-refractivity contribution >= 4 is 21.4 Å². The highest BCUT2D eigenvalue weighted by Gasteiger charge is 2.34. The second-order valence-electron chi connectivity index (χ2n) is 10.1. The summed E-state index contributed by atoms with van der Waals surface area (Å²) >= 11 is 6.13. The molecular weight excluding hydrogens is 570 g/mol. The third kappa shape index (κ3) is 8.92. The number of benzene rings is 3. The van der Waals surface area contributed by atoms with Crippen molar-refractivity contribution in [1.29, 1.82) is 0 Å². The van der Waals surface area contributed by atoms with Crippen molar-refractivity contribution in [2.24, 2.45) is 0 Å². The van der Waals surface area contributed by atoms with Gasteiger partial charge in [-0.1, -0.05) is 41.9 Å². The van der Waals surface area contributed by atoms with Crippen molar-refractivity contribution in [3.8, 4) is 5.75 Å². The molecule has 0 heterocycles. The van der Waals surface area contributed by atoms with Gasteiger partial charge in [-0.05, 0) is 68.1 Å². The van der Waals surface area contributed by atoms with Crippen LogP contribution < -0.4 is 4.74 Å². The minimum atomic E-state index is -4.58. The summed E-state index contributed by atoms with van der Waals surface area (Å²) in [4.78, 5) is 1.91. The number of aliphatic hydroxyl groups is 1. The highest BCUT2D eigenvalue weighted by molar-refractivity contribution is 7.90. The maximum Gasteiger partial charge on any atom is 0.417 e. The molecule has 0 fully saturated rings. The Kier molecular flexibility index (Phi) is 10.3. The lowest BCUT2D eigenvalue weighted by Gasteiger charge is -2.24. The Bertz CT molecular complexity index is 1410. The normalized spacial score (nSPS) is 12.7. The molecule has 0 aliphatic carbocycles. The van der Waals surface area contributed by atoms with Crippen molar-refractivity contribution < 1.29 is 35.8 Å². The number of hydrogen-bond acceptors (Lipinski definition) is 5. The minimum Gasteiger partial charge on any atom is -0.494 e. The Hall–Kier alpha value is -2.66. The molecule has 0 radical (unpaired) electrons. The quantitative estimate of drug-likeness (QED) is 0.186. The van der Waals surface area contributed by atoms with Crippen LogP contribution in [0.4, 0.5) is 17.6 Å². The van der Waals surface area contributed by atoms with E-state index in [0.717, 1.165) is 17.9 Å². The molecule has 11 heteroatoms. The van der Waals surface area contributed by atoms with Crippen LogP contribution in [0.5, 0.6) is 5.75 Å². The molecular formula is C29H32ClF4NO4S. The van der Waals surface area contributed by atoms with E-state index in [1.54, 1.807) is 24.3 Å². The maximum atomic E-state index is 13.4. The van der Waals surface area contributed by atoms with Crippen LogP contribution in [-0.2, 0) is 34.6 Å². The molecule has 0 saturated heterocycles. The zero-order valence-electron chi connectivity index (χ0n) is 22.4. The van der Waals surface area contributed by atoms with Crippen LogP contribution in [-0.4, -0.2) is 44.4 Å². The van der Waals surface area contributed by atoms with Gasteiger partial charge in [0.1, 0.15) is 11.6 Å². The van der Waals surface area contributed by atoms with E-state index < -0.39 is 27.2 Å². The van der Waals surface area contributed by atoms with E-state index in [1.807, 2.05) is 4.90 Å². The highest BCUT2D eigenvalue weighted by atomic mass is 35.5. The number of halogens is 5. The van der Waals surface area contributed by atoms with Gasteiger partial charge in [-0.3, -0.25) is 4.90 Å². The van der Waals surface area contributed by atoms with Gasteiger partial charge >= 0.3 is 6.18 Å². The lowest BCUT2D eigenvalue weighted by molar-refractivity contribution is -0.137. The Morgan fingerprint density at radius 3 is 2.25 bits per heavy atom. The predicted molar refractivity (Wildman–Crippen MR) is 147 cm³/mol. The molecule has 0 unspecified atom stereocenters. The van der Waals surface area contributed by atoms with Gasteiger partial charge in [-0.15, -0.1) is 0 Å². The first-order chi connectivity index (χ1) is 18.6. The van der Waals surface area contributed by atoms with Crippen LogP contribution in [0.15, 0.2) is 65.6 Å². The summed E-state index contributed by atoms with van der Waals surface area (Å²) < 4.78 is 83.8. The average Bonchev–Trinajstić information content (AvgIpc) is 2.85. The Balaban J connectivity index is 1.72. The third-order valence-corrected chi connectivity index (χ3v) is 7.89. The molecule has 1 N–H and O–H groups in total. The van der Waals surface area contributed by atoms with Crippen molar-refractivity contribution in [3.63, 3.8) is 0 Å². The molecule has 0 atom stereocenters. The zero-order valence-corrected chi connectivity index (χ0v) is 24.0. The first-order valence-electron chi connectivity index (χ1n) is 12.6. The molecule has 3 aromatic rings. The smallest absolute Gasteiger partial charge is 0.417 e. The first-order valence-corrected chi connectivity index (χ1v) is 14.8. The van der Waals surface area contributed by atoms with E-state index in [1.165, 1.54) is 44.2 Å². The van der Waals surface area contributed by atoms with Gasteiger partial charge < -0.3 is 9.84 Å². The van der Waals surface area contributed by atoms with Crippen molar-refractivity contribution in [2.45, 2.75) is 49.9 Å². The lowest BCUT2D eigenvalue weighted by Crippen LogP contribution is -2.28. The van der Waals surface area contributed by atoms with Gasteiger partial charge in [0.25, 0.3) is 0 Å². The third-order valence-electron chi connectivity index (χ3n) is 6.31. The van der Waals surface area contributed by atoms with E-state index in [0.29, 0.717) is 37.2 Å². The highest BCUT2D eigenvalue weighted by Crippen LogP contribution is 2.36. The molecule has 5 nitrogen and oxygen atoms in total. The second-order valence-corrected chi connectivity index (χ2v) is 12.5. The van der Waals surface area contributed by atoms with Gasteiger partial charge in [-0.25, -0.2) is 12.8 Å². The molecule has 3 aromatic carbocycles. The van der Waals surface area contributed by atoms with Crippen molar-refractivity contribution in [1.82, 2.24) is 4.90 Å². The molecule has 0 amide bonds. The summed E-state index contributed by atoms with van der Waals surface area (Å²) in [6, 6.07) is 14.3. The van der Waals surface area contributed by atoms with E-state index in [2.05, 4.69) is 0 Å². The van der Waals surface area contributed by atoms with E-state index in [4.69, 9.17) is 16.3 Å². The second kappa shape index (κ2) is 12.9. The number of ether oxygens (including phenoxy) is 1. The number of nitrogens with zero attached hydrogens (tertiary/aromatic N) is 1. The number of sulfone groups is 1. The standard InChI is InChI=1S/C29H32ClF4NO4S/c1-28(2,36)24-13-12-23(18-26(24)40(3,37)38)39-17-5-15-35(16-14-20-8-10-22(31)11-9-20)19-21-6-4-7-25(27(21)30)29(32,33)34/h4,6-13,18,36H,5,14-17,19H2,1-3H3. The van der Waals surface area contributed by atoms with Crippen molar-refractivity contribution in [2.75, 3.05) is 26.0 Å². The van der Waals surface area contributed by atoms with E-state index in [9.17, 15) is 31.1 Å². The summed E-state index contributed by atoms with van der Waals surface area (Å²) in [5, 5.41) is 10.00. The maximum absolute atomic E-state index is 13.4. The van der Waals surface area contributed by atoms with Crippen LogP contribution in [0.2, 0.25) is 5.02 Å².